The van der Waals surface area contributed by atoms with Crippen molar-refractivity contribution in [2.75, 3.05) is 20.2 Å². The van der Waals surface area contributed by atoms with E-state index in [9.17, 15) is 9.59 Å². The van der Waals surface area contributed by atoms with E-state index in [0.29, 0.717) is 12.5 Å². The Morgan fingerprint density at radius 1 is 1.28 bits per heavy atom. The van der Waals surface area contributed by atoms with Crippen molar-refractivity contribution in [3.63, 3.8) is 0 Å². The van der Waals surface area contributed by atoms with Gasteiger partial charge in [-0.1, -0.05) is 19.1 Å². The van der Waals surface area contributed by atoms with Gasteiger partial charge in [0.2, 0.25) is 11.8 Å². The fourth-order valence-electron chi connectivity index (χ4n) is 3.69. The molecule has 0 saturated carbocycles. The quantitative estimate of drug-likeness (QED) is 0.806. The molecule has 2 aliphatic rings. The molecule has 2 fully saturated rings. The molecule has 0 aromatic heterocycles. The molecule has 2 bridgehead atoms. The third-order valence-electron chi connectivity index (χ3n) is 5.31. The Morgan fingerprint density at radius 2 is 2.00 bits per heavy atom. The van der Waals surface area contributed by atoms with Gasteiger partial charge in [-0.3, -0.25) is 14.5 Å². The number of nitrogens with two attached hydrogens (primary N) is 1. The minimum absolute atomic E-state index is 0.0321. The van der Waals surface area contributed by atoms with E-state index in [1.807, 2.05) is 17.0 Å². The zero-order chi connectivity index (χ0) is 18.0. The van der Waals surface area contributed by atoms with E-state index in [1.165, 1.54) is 5.56 Å². The number of benzene rings is 1. The second-order valence-corrected chi connectivity index (χ2v) is 7.05. The highest BCUT2D eigenvalue weighted by atomic mass is 16.5. The SMILES string of the molecule is COc1ccc(CN2C[C@@H]3CC2CN3C(=O)[CH]CC(C)C(N)=O)cc1. The van der Waals surface area contributed by atoms with Gasteiger partial charge in [0.25, 0.3) is 0 Å². The molecule has 2 unspecified atom stereocenters. The Hall–Kier alpha value is -2.08. The van der Waals surface area contributed by atoms with E-state index in [2.05, 4.69) is 17.0 Å². The summed E-state index contributed by atoms with van der Waals surface area (Å²) in [4.78, 5) is 27.9. The van der Waals surface area contributed by atoms with Crippen molar-refractivity contribution < 1.29 is 14.3 Å². The van der Waals surface area contributed by atoms with Crippen LogP contribution in [-0.4, -0.2) is 53.9 Å². The molecule has 0 aliphatic carbocycles. The van der Waals surface area contributed by atoms with Crippen LogP contribution in [0.4, 0.5) is 0 Å². The Labute approximate surface area is 148 Å². The van der Waals surface area contributed by atoms with Gasteiger partial charge < -0.3 is 15.4 Å². The normalized spacial score (nSPS) is 23.7. The number of carbonyl (C=O) groups is 2. The molecule has 6 heteroatoms. The van der Waals surface area contributed by atoms with Crippen LogP contribution in [-0.2, 0) is 16.1 Å². The molecular formula is C19H26N3O3. The number of likely N-dealkylation sites (tertiary alicyclic amines) is 2. The molecule has 0 spiro atoms. The summed E-state index contributed by atoms with van der Waals surface area (Å²) in [6, 6.07) is 8.83. The number of methoxy groups -OCH3 is 1. The summed E-state index contributed by atoms with van der Waals surface area (Å²) < 4.78 is 5.19. The summed E-state index contributed by atoms with van der Waals surface area (Å²) >= 11 is 0. The lowest BCUT2D eigenvalue weighted by Crippen LogP contribution is -2.48. The lowest BCUT2D eigenvalue weighted by Gasteiger charge is -2.34. The smallest absolute Gasteiger partial charge is 0.226 e. The standard InChI is InChI=1S/C19H26N3O3/c1-13(19(20)24)3-8-18(23)22-12-15-9-16(22)11-21(15)10-14-4-6-17(25-2)7-5-14/h4-8,13,15-16H,3,9-12H2,1-2H3,(H2,20,24)/t13?,15?,16-/m0/s1. The van der Waals surface area contributed by atoms with Gasteiger partial charge in [-0.2, -0.15) is 0 Å². The molecule has 2 aliphatic heterocycles. The summed E-state index contributed by atoms with van der Waals surface area (Å²) in [6.07, 6.45) is 3.06. The number of carbonyl (C=O) groups excluding carboxylic acids is 2. The zero-order valence-corrected chi connectivity index (χ0v) is 14.9. The summed E-state index contributed by atoms with van der Waals surface area (Å²) in [5.74, 6) is 0.238. The van der Waals surface area contributed by atoms with E-state index in [-0.39, 0.29) is 23.8 Å². The molecule has 3 rings (SSSR count). The van der Waals surface area contributed by atoms with E-state index in [0.717, 1.165) is 31.8 Å². The van der Waals surface area contributed by atoms with E-state index < -0.39 is 0 Å². The fraction of sp³-hybridized carbons (Fsp3) is 0.526. The monoisotopic (exact) mass is 344 g/mol. The number of hydrogen-bond donors (Lipinski definition) is 1. The molecule has 1 aromatic carbocycles. The summed E-state index contributed by atoms with van der Waals surface area (Å²) in [7, 11) is 1.67. The number of amides is 2. The molecule has 2 amide bonds. The molecule has 135 valence electrons. The topological polar surface area (TPSA) is 75.9 Å². The molecule has 2 heterocycles. The van der Waals surface area contributed by atoms with Crippen molar-refractivity contribution in [2.24, 2.45) is 11.7 Å². The van der Waals surface area contributed by atoms with Crippen LogP contribution in [0.15, 0.2) is 24.3 Å². The Morgan fingerprint density at radius 3 is 2.56 bits per heavy atom. The molecular weight excluding hydrogens is 318 g/mol. The second-order valence-electron chi connectivity index (χ2n) is 7.05. The van der Waals surface area contributed by atoms with Crippen LogP contribution in [0, 0.1) is 12.3 Å². The number of ether oxygens (including phenoxy) is 1. The Kier molecular flexibility index (Phi) is 5.27. The highest BCUT2D eigenvalue weighted by Crippen LogP contribution is 2.32. The highest BCUT2D eigenvalue weighted by molar-refractivity contribution is 5.86. The third-order valence-corrected chi connectivity index (χ3v) is 5.31. The van der Waals surface area contributed by atoms with Crippen LogP contribution in [0.25, 0.3) is 0 Å². The zero-order valence-electron chi connectivity index (χ0n) is 14.9. The van der Waals surface area contributed by atoms with Crippen molar-refractivity contribution >= 4 is 11.8 Å². The first-order valence-corrected chi connectivity index (χ1v) is 8.78. The maximum Gasteiger partial charge on any atom is 0.226 e. The first kappa shape index (κ1) is 17.7. The first-order valence-electron chi connectivity index (χ1n) is 8.78. The lowest BCUT2D eigenvalue weighted by atomic mass is 10.0. The molecule has 1 radical (unpaired) electrons. The van der Waals surface area contributed by atoms with Crippen molar-refractivity contribution in [3.8, 4) is 5.75 Å². The van der Waals surface area contributed by atoms with Gasteiger partial charge in [0.05, 0.1) is 13.5 Å². The van der Waals surface area contributed by atoms with Gasteiger partial charge in [-0.05, 0) is 30.5 Å². The van der Waals surface area contributed by atoms with Crippen molar-refractivity contribution in [2.45, 2.75) is 38.4 Å². The summed E-state index contributed by atoms with van der Waals surface area (Å²) in [5.41, 5.74) is 6.50. The van der Waals surface area contributed by atoms with Crippen LogP contribution in [0.5, 0.6) is 5.75 Å². The number of fused-ring (bicyclic) bond motifs is 2. The largest absolute Gasteiger partial charge is 0.497 e. The van der Waals surface area contributed by atoms with Crippen molar-refractivity contribution in [1.29, 1.82) is 0 Å². The van der Waals surface area contributed by atoms with Gasteiger partial charge >= 0.3 is 0 Å². The predicted octanol–water partition coefficient (Wildman–Crippen LogP) is 1.20. The second kappa shape index (κ2) is 7.44. The van der Waals surface area contributed by atoms with Crippen LogP contribution in [0.1, 0.15) is 25.3 Å². The number of hydrogen-bond acceptors (Lipinski definition) is 4. The van der Waals surface area contributed by atoms with Gasteiger partial charge in [-0.15, -0.1) is 0 Å². The third kappa shape index (κ3) is 3.95. The number of piperazine rings is 1. The number of rotatable bonds is 7. The summed E-state index contributed by atoms with van der Waals surface area (Å²) in [6.45, 7) is 4.32. The minimum atomic E-state index is -0.363. The summed E-state index contributed by atoms with van der Waals surface area (Å²) in [5, 5.41) is 0. The average Bonchev–Trinajstić information content (AvgIpc) is 3.20. The average molecular weight is 344 g/mol. The van der Waals surface area contributed by atoms with Crippen LogP contribution in [0.3, 0.4) is 0 Å². The first-order chi connectivity index (χ1) is 12.0. The van der Waals surface area contributed by atoms with E-state index in [1.54, 1.807) is 20.5 Å². The van der Waals surface area contributed by atoms with Crippen LogP contribution < -0.4 is 10.5 Å². The maximum absolute atomic E-state index is 12.4. The molecule has 2 N–H and O–H groups in total. The predicted molar refractivity (Wildman–Crippen MR) is 94.6 cm³/mol. The Balaban J connectivity index is 1.50. The Bertz CT molecular complexity index is 631. The van der Waals surface area contributed by atoms with E-state index in [4.69, 9.17) is 10.5 Å². The molecule has 25 heavy (non-hydrogen) atoms. The maximum atomic E-state index is 12.4. The highest BCUT2D eigenvalue weighted by Gasteiger charge is 2.44. The molecule has 6 nitrogen and oxygen atoms in total. The molecule has 1 aromatic rings. The van der Waals surface area contributed by atoms with Gasteiger partial charge in [0.15, 0.2) is 0 Å². The van der Waals surface area contributed by atoms with Gasteiger partial charge in [0.1, 0.15) is 5.75 Å². The molecule has 2 saturated heterocycles. The minimum Gasteiger partial charge on any atom is -0.497 e. The van der Waals surface area contributed by atoms with Crippen LogP contribution >= 0.6 is 0 Å². The molecule has 3 atom stereocenters. The lowest BCUT2D eigenvalue weighted by molar-refractivity contribution is -0.130. The van der Waals surface area contributed by atoms with Gasteiger partial charge in [0, 0.05) is 37.6 Å². The fourth-order valence-corrected chi connectivity index (χ4v) is 3.69. The van der Waals surface area contributed by atoms with Crippen molar-refractivity contribution in [3.05, 3.63) is 36.2 Å². The van der Waals surface area contributed by atoms with Crippen LogP contribution in [0.2, 0.25) is 0 Å². The number of nitrogens with zero attached hydrogens (tertiary/aromatic N) is 2. The number of primary amides is 1. The van der Waals surface area contributed by atoms with Crippen molar-refractivity contribution in [1.82, 2.24) is 9.80 Å². The van der Waals surface area contributed by atoms with E-state index >= 15 is 0 Å². The van der Waals surface area contributed by atoms with Gasteiger partial charge in [-0.25, -0.2) is 0 Å².